The van der Waals surface area contributed by atoms with Crippen LogP contribution in [0.2, 0.25) is 0 Å². The number of thioether (sulfide) groups is 1. The van der Waals surface area contributed by atoms with Gasteiger partial charge in [0.15, 0.2) is 15.0 Å². The third-order valence-electron chi connectivity index (χ3n) is 4.17. The summed E-state index contributed by atoms with van der Waals surface area (Å²) in [7, 11) is -2.95. The minimum atomic E-state index is -2.95. The van der Waals surface area contributed by atoms with Gasteiger partial charge < -0.3 is 9.64 Å². The molecule has 2 aliphatic heterocycles. The lowest BCUT2D eigenvalue weighted by Gasteiger charge is -2.24. The van der Waals surface area contributed by atoms with E-state index in [1.807, 2.05) is 12.1 Å². The van der Waals surface area contributed by atoms with Gasteiger partial charge in [-0.2, -0.15) is 0 Å². The molecule has 8 heteroatoms. The fourth-order valence-electron chi connectivity index (χ4n) is 3.02. The van der Waals surface area contributed by atoms with Crippen LogP contribution < -0.4 is 4.90 Å². The van der Waals surface area contributed by atoms with Crippen molar-refractivity contribution < 1.29 is 17.9 Å². The number of carbonyl (C=O) groups excluding carboxylic acids is 1. The van der Waals surface area contributed by atoms with Crippen LogP contribution in [0.1, 0.15) is 30.6 Å². The zero-order chi connectivity index (χ0) is 18.0. The standard InChI is InChI=1S/C17H22N2O4S2/c1-3-9-19(13-7-5-12(6-8-13)16(20)23-4-2)17-18-14-10-25(21,22)11-15(14)24-17/h5-8,14-15H,3-4,9-11H2,1-2H3/t14-,15-/m1/s1. The van der Waals surface area contributed by atoms with Crippen molar-refractivity contribution in [3.63, 3.8) is 0 Å². The van der Waals surface area contributed by atoms with E-state index in [0.717, 1.165) is 23.8 Å². The monoisotopic (exact) mass is 382 g/mol. The molecule has 2 atom stereocenters. The lowest BCUT2D eigenvalue weighted by Crippen LogP contribution is -2.29. The highest BCUT2D eigenvalue weighted by Crippen LogP contribution is 2.36. The van der Waals surface area contributed by atoms with Crippen molar-refractivity contribution in [2.75, 3.05) is 29.6 Å². The Hall–Kier alpha value is -1.54. The van der Waals surface area contributed by atoms with Gasteiger partial charge in [0.2, 0.25) is 0 Å². The molecule has 6 nitrogen and oxygen atoms in total. The van der Waals surface area contributed by atoms with Crippen molar-refractivity contribution in [2.45, 2.75) is 31.6 Å². The van der Waals surface area contributed by atoms with Crippen molar-refractivity contribution in [3.8, 4) is 0 Å². The Morgan fingerprint density at radius 3 is 2.60 bits per heavy atom. The highest BCUT2D eigenvalue weighted by Gasteiger charge is 2.43. The topological polar surface area (TPSA) is 76.0 Å². The van der Waals surface area contributed by atoms with Crippen molar-refractivity contribution in [1.82, 2.24) is 0 Å². The van der Waals surface area contributed by atoms with Crippen LogP contribution in [0.15, 0.2) is 29.3 Å². The highest BCUT2D eigenvalue weighted by atomic mass is 32.2. The van der Waals surface area contributed by atoms with Gasteiger partial charge in [-0.05, 0) is 37.6 Å². The summed E-state index contributed by atoms with van der Waals surface area (Å²) >= 11 is 1.55. The Morgan fingerprint density at radius 2 is 2.00 bits per heavy atom. The number of carbonyl (C=O) groups is 1. The molecular weight excluding hydrogens is 360 g/mol. The molecule has 1 aromatic rings. The summed E-state index contributed by atoms with van der Waals surface area (Å²) in [5, 5.41) is 0.897. The maximum absolute atomic E-state index is 11.8. The van der Waals surface area contributed by atoms with Gasteiger partial charge in [0, 0.05) is 17.5 Å². The summed E-state index contributed by atoms with van der Waals surface area (Å²) in [6.07, 6.45) is 0.937. The molecule has 25 heavy (non-hydrogen) atoms. The van der Waals surface area contributed by atoms with E-state index in [4.69, 9.17) is 4.74 Å². The number of sulfone groups is 1. The Kier molecular flexibility index (Phi) is 5.38. The molecule has 1 aromatic carbocycles. The highest BCUT2D eigenvalue weighted by molar-refractivity contribution is 8.15. The van der Waals surface area contributed by atoms with Gasteiger partial charge in [-0.1, -0.05) is 18.7 Å². The fourth-order valence-corrected chi connectivity index (χ4v) is 6.83. The molecule has 1 fully saturated rings. The van der Waals surface area contributed by atoms with Crippen LogP contribution in [0.3, 0.4) is 0 Å². The normalized spacial score (nSPS) is 23.8. The summed E-state index contributed by atoms with van der Waals surface area (Å²) in [6, 6.07) is 7.14. The molecule has 0 spiro atoms. The Balaban J connectivity index is 1.79. The Bertz CT molecular complexity index is 774. The van der Waals surface area contributed by atoms with Gasteiger partial charge in [0.25, 0.3) is 0 Å². The number of esters is 1. The number of nitrogens with zero attached hydrogens (tertiary/aromatic N) is 2. The van der Waals surface area contributed by atoms with E-state index in [1.165, 1.54) is 0 Å². The number of fused-ring (bicyclic) bond motifs is 1. The van der Waals surface area contributed by atoms with E-state index in [-0.39, 0.29) is 28.8 Å². The number of anilines is 1. The van der Waals surface area contributed by atoms with E-state index >= 15 is 0 Å². The number of ether oxygens (including phenoxy) is 1. The minimum Gasteiger partial charge on any atom is -0.462 e. The molecule has 136 valence electrons. The molecule has 0 bridgehead atoms. The first-order chi connectivity index (χ1) is 11.9. The van der Waals surface area contributed by atoms with E-state index in [0.29, 0.717) is 12.2 Å². The number of hydrogen-bond acceptors (Lipinski definition) is 7. The van der Waals surface area contributed by atoms with Gasteiger partial charge in [-0.3, -0.25) is 4.99 Å². The van der Waals surface area contributed by atoms with E-state index in [2.05, 4.69) is 16.8 Å². The summed E-state index contributed by atoms with van der Waals surface area (Å²) in [5.74, 6) is 0.0240. The van der Waals surface area contributed by atoms with Crippen LogP contribution in [-0.2, 0) is 14.6 Å². The molecule has 0 saturated carbocycles. The molecule has 2 aliphatic rings. The average molecular weight is 383 g/mol. The van der Waals surface area contributed by atoms with Crippen molar-refractivity contribution in [3.05, 3.63) is 29.8 Å². The fraction of sp³-hybridized carbons (Fsp3) is 0.529. The largest absolute Gasteiger partial charge is 0.462 e. The first-order valence-electron chi connectivity index (χ1n) is 8.43. The number of amidine groups is 1. The van der Waals surface area contributed by atoms with E-state index < -0.39 is 9.84 Å². The SMILES string of the molecule is CCCN(C1=N[C@@H]2CS(=O)(=O)C[C@H]2S1)c1ccc(C(=O)OCC)cc1. The maximum atomic E-state index is 11.8. The van der Waals surface area contributed by atoms with Crippen LogP contribution in [-0.4, -0.2) is 55.5 Å². The summed E-state index contributed by atoms with van der Waals surface area (Å²) in [4.78, 5) is 18.5. The van der Waals surface area contributed by atoms with Crippen LogP contribution in [0.5, 0.6) is 0 Å². The Labute approximate surface area is 152 Å². The second kappa shape index (κ2) is 7.37. The van der Waals surface area contributed by atoms with Gasteiger partial charge in [0.1, 0.15) is 0 Å². The number of benzene rings is 1. The third kappa shape index (κ3) is 4.00. The van der Waals surface area contributed by atoms with Gasteiger partial charge in [-0.25, -0.2) is 13.2 Å². The van der Waals surface area contributed by atoms with E-state index in [1.54, 1.807) is 30.8 Å². The predicted molar refractivity (Wildman–Crippen MR) is 101 cm³/mol. The van der Waals surface area contributed by atoms with Gasteiger partial charge in [-0.15, -0.1) is 0 Å². The first-order valence-corrected chi connectivity index (χ1v) is 11.1. The zero-order valence-electron chi connectivity index (χ0n) is 14.3. The van der Waals surface area contributed by atoms with Crippen molar-refractivity contribution in [2.24, 2.45) is 4.99 Å². The quantitative estimate of drug-likeness (QED) is 0.728. The van der Waals surface area contributed by atoms with Crippen LogP contribution in [0.25, 0.3) is 0 Å². The molecule has 0 aromatic heterocycles. The van der Waals surface area contributed by atoms with Crippen LogP contribution >= 0.6 is 11.8 Å². The molecule has 0 N–H and O–H groups in total. The van der Waals surface area contributed by atoms with Crippen LogP contribution in [0, 0.1) is 0 Å². The van der Waals surface area contributed by atoms with Gasteiger partial charge >= 0.3 is 5.97 Å². The number of rotatable bonds is 5. The molecule has 3 rings (SSSR count). The second-order valence-corrected chi connectivity index (χ2v) is 9.49. The molecule has 0 unspecified atom stereocenters. The second-order valence-electron chi connectivity index (χ2n) is 6.13. The molecule has 1 saturated heterocycles. The lowest BCUT2D eigenvalue weighted by molar-refractivity contribution is 0.0526. The predicted octanol–water partition coefficient (Wildman–Crippen LogP) is 2.35. The van der Waals surface area contributed by atoms with Crippen molar-refractivity contribution in [1.29, 1.82) is 0 Å². The van der Waals surface area contributed by atoms with Gasteiger partial charge in [0.05, 0.1) is 29.7 Å². The minimum absolute atomic E-state index is 0.0261. The maximum Gasteiger partial charge on any atom is 0.338 e. The Morgan fingerprint density at radius 1 is 1.28 bits per heavy atom. The lowest BCUT2D eigenvalue weighted by atomic mass is 10.2. The number of aliphatic imine (C=N–C) groups is 1. The summed E-state index contributed by atoms with van der Waals surface area (Å²) in [6.45, 7) is 5.01. The summed E-state index contributed by atoms with van der Waals surface area (Å²) < 4.78 is 28.5. The first kappa shape index (κ1) is 18.3. The third-order valence-corrected chi connectivity index (χ3v) is 7.42. The van der Waals surface area contributed by atoms with E-state index in [9.17, 15) is 13.2 Å². The number of hydrogen-bond donors (Lipinski definition) is 0. The average Bonchev–Trinajstić information content (AvgIpc) is 3.06. The molecular formula is C17H22N2O4S2. The molecule has 0 aliphatic carbocycles. The zero-order valence-corrected chi connectivity index (χ0v) is 16.0. The molecule has 0 amide bonds. The molecule has 0 radical (unpaired) electrons. The summed E-state index contributed by atoms with van der Waals surface area (Å²) in [5.41, 5.74) is 1.47. The van der Waals surface area contributed by atoms with Crippen molar-refractivity contribution >= 4 is 38.4 Å². The molecule has 2 heterocycles. The smallest absolute Gasteiger partial charge is 0.338 e. The van der Waals surface area contributed by atoms with Crippen LogP contribution in [0.4, 0.5) is 5.69 Å².